The van der Waals surface area contributed by atoms with Gasteiger partial charge in [0.05, 0.1) is 0 Å². The van der Waals surface area contributed by atoms with Crippen LogP contribution in [-0.2, 0) is 4.79 Å². The molecule has 3 heterocycles. The van der Waals surface area contributed by atoms with Gasteiger partial charge in [-0.05, 0) is 30.7 Å². The van der Waals surface area contributed by atoms with Gasteiger partial charge in [-0.3, -0.25) is 9.78 Å². The van der Waals surface area contributed by atoms with Gasteiger partial charge in [-0.2, -0.15) is 0 Å². The first-order valence-electron chi connectivity index (χ1n) is 5.33. The normalized spacial score (nSPS) is 10.7. The zero-order valence-electron chi connectivity index (χ0n) is 9.54. The number of rotatable bonds is 3. The van der Waals surface area contributed by atoms with Crippen LogP contribution in [0.25, 0.3) is 19.8 Å². The van der Waals surface area contributed by atoms with Crippen molar-refractivity contribution in [2.45, 2.75) is 6.92 Å². The molecule has 5 heteroatoms. The first kappa shape index (κ1) is 11.4. The number of nitrogens with zero attached hydrogens (tertiary/aromatic N) is 1. The van der Waals surface area contributed by atoms with Crippen molar-refractivity contribution in [2.75, 3.05) is 0 Å². The Hall–Kier alpha value is -1.72. The number of hydrogen-bond acceptors (Lipinski definition) is 5. The van der Waals surface area contributed by atoms with Gasteiger partial charge in [-0.1, -0.05) is 11.3 Å². The molecule has 0 saturated heterocycles. The number of carbonyl (C=O) groups excluding carboxylic acids is 1. The lowest BCUT2D eigenvalue weighted by atomic mass is 10.2. The summed E-state index contributed by atoms with van der Waals surface area (Å²) in [5.41, 5.74) is 2.18. The summed E-state index contributed by atoms with van der Waals surface area (Å²) < 4.78 is 7.13. The maximum Gasteiger partial charge on any atom is 0.299 e. The summed E-state index contributed by atoms with van der Waals surface area (Å²) in [4.78, 5) is 15.7. The Labute approximate surface area is 112 Å². The molecule has 3 nitrogen and oxygen atoms in total. The Bertz CT molecular complexity index is 683. The van der Waals surface area contributed by atoms with E-state index in [1.165, 1.54) is 21.8 Å². The molecule has 3 aromatic rings. The van der Waals surface area contributed by atoms with Crippen molar-refractivity contribution in [3.05, 3.63) is 36.2 Å². The topological polar surface area (TPSA) is 39.2 Å². The Morgan fingerprint density at radius 1 is 1.22 bits per heavy atom. The largest absolute Gasteiger partial charge is 0.418 e. The van der Waals surface area contributed by atoms with E-state index in [1.54, 1.807) is 11.3 Å². The van der Waals surface area contributed by atoms with Crippen LogP contribution in [-0.4, -0.2) is 11.5 Å². The van der Waals surface area contributed by atoms with Crippen LogP contribution in [0.2, 0.25) is 0 Å². The minimum absolute atomic E-state index is 0.461. The van der Waals surface area contributed by atoms with E-state index in [-0.39, 0.29) is 0 Å². The number of aromatic nitrogens is 1. The lowest BCUT2D eigenvalue weighted by Crippen LogP contribution is -1.82. The first-order chi connectivity index (χ1) is 8.76. The fourth-order valence-corrected chi connectivity index (χ4v) is 3.96. The van der Waals surface area contributed by atoms with Crippen molar-refractivity contribution >= 4 is 38.5 Å². The smallest absolute Gasteiger partial charge is 0.299 e. The van der Waals surface area contributed by atoms with Gasteiger partial charge in [-0.25, -0.2) is 0 Å². The third-order valence-corrected chi connectivity index (χ3v) is 4.76. The molecular formula is C13H9NO2S2. The second-order valence-corrected chi connectivity index (χ2v) is 5.93. The van der Waals surface area contributed by atoms with E-state index in [2.05, 4.69) is 17.1 Å². The molecule has 3 rings (SSSR count). The van der Waals surface area contributed by atoms with E-state index in [9.17, 15) is 4.79 Å². The quantitative estimate of drug-likeness (QED) is 0.681. The molecule has 0 unspecified atom stereocenters. The minimum atomic E-state index is 0.461. The molecule has 0 N–H and O–H groups in total. The Morgan fingerprint density at radius 3 is 2.78 bits per heavy atom. The Kier molecular flexibility index (Phi) is 2.85. The predicted molar refractivity (Wildman–Crippen MR) is 74.4 cm³/mol. The van der Waals surface area contributed by atoms with Crippen LogP contribution >= 0.6 is 22.7 Å². The SMILES string of the molecule is Cc1cc(-c2cc3sc(OC=O)cc3s2)ccn1. The van der Waals surface area contributed by atoms with Crippen molar-refractivity contribution in [3.8, 4) is 15.5 Å². The van der Waals surface area contributed by atoms with Gasteiger partial charge in [0.25, 0.3) is 6.47 Å². The van der Waals surface area contributed by atoms with Crippen molar-refractivity contribution < 1.29 is 9.53 Å². The molecule has 0 spiro atoms. The van der Waals surface area contributed by atoms with E-state index >= 15 is 0 Å². The maximum atomic E-state index is 10.3. The number of hydrogen-bond donors (Lipinski definition) is 0. The summed E-state index contributed by atoms with van der Waals surface area (Å²) in [6.45, 7) is 2.44. The van der Waals surface area contributed by atoms with Crippen LogP contribution in [0.3, 0.4) is 0 Å². The highest BCUT2D eigenvalue weighted by Crippen LogP contribution is 2.40. The van der Waals surface area contributed by atoms with Gasteiger partial charge in [0.15, 0.2) is 5.06 Å². The lowest BCUT2D eigenvalue weighted by molar-refractivity contribution is -0.120. The number of carbonyl (C=O) groups is 1. The summed E-state index contributed by atoms with van der Waals surface area (Å²) in [5.74, 6) is 0. The highest BCUT2D eigenvalue weighted by molar-refractivity contribution is 7.30. The monoisotopic (exact) mass is 275 g/mol. The van der Waals surface area contributed by atoms with Crippen LogP contribution in [0.5, 0.6) is 5.06 Å². The number of ether oxygens (including phenoxy) is 1. The van der Waals surface area contributed by atoms with Gasteiger partial charge in [0.2, 0.25) is 0 Å². The molecule has 0 amide bonds. The second-order valence-electron chi connectivity index (χ2n) is 3.80. The average molecular weight is 275 g/mol. The van der Waals surface area contributed by atoms with Crippen molar-refractivity contribution in [2.24, 2.45) is 0 Å². The number of thiophene rings is 2. The van der Waals surface area contributed by atoms with Crippen LogP contribution in [0.15, 0.2) is 30.5 Å². The van der Waals surface area contributed by atoms with Gasteiger partial charge in [0, 0.05) is 32.2 Å². The minimum Gasteiger partial charge on any atom is -0.418 e. The number of aryl methyl sites for hydroxylation is 1. The lowest BCUT2D eigenvalue weighted by Gasteiger charge is -1.97. The van der Waals surface area contributed by atoms with Crippen LogP contribution < -0.4 is 4.74 Å². The number of pyridine rings is 1. The zero-order chi connectivity index (χ0) is 12.5. The molecule has 90 valence electrons. The zero-order valence-corrected chi connectivity index (χ0v) is 11.2. The molecule has 18 heavy (non-hydrogen) atoms. The average Bonchev–Trinajstić information content (AvgIpc) is 2.87. The Balaban J connectivity index is 2.03. The van der Waals surface area contributed by atoms with E-state index in [0.717, 1.165) is 15.1 Å². The van der Waals surface area contributed by atoms with Crippen molar-refractivity contribution in [3.63, 3.8) is 0 Å². The Morgan fingerprint density at radius 2 is 2.06 bits per heavy atom. The maximum absolute atomic E-state index is 10.3. The van der Waals surface area contributed by atoms with E-state index in [0.29, 0.717) is 11.5 Å². The molecular weight excluding hydrogens is 266 g/mol. The first-order valence-corrected chi connectivity index (χ1v) is 6.96. The molecule has 0 aliphatic carbocycles. The molecule has 0 radical (unpaired) electrons. The van der Waals surface area contributed by atoms with Crippen LogP contribution in [0.4, 0.5) is 0 Å². The summed E-state index contributed by atoms with van der Waals surface area (Å²) >= 11 is 3.18. The molecule has 0 aliphatic rings. The highest BCUT2D eigenvalue weighted by Gasteiger charge is 2.09. The van der Waals surface area contributed by atoms with Crippen molar-refractivity contribution in [1.82, 2.24) is 4.98 Å². The third kappa shape index (κ3) is 2.02. The molecule has 0 aliphatic heterocycles. The molecule has 0 bridgehead atoms. The number of fused-ring (bicyclic) bond motifs is 1. The van der Waals surface area contributed by atoms with E-state index in [1.807, 2.05) is 25.3 Å². The fourth-order valence-electron chi connectivity index (χ4n) is 1.76. The second kappa shape index (κ2) is 4.51. The van der Waals surface area contributed by atoms with E-state index < -0.39 is 0 Å². The molecule has 0 aromatic carbocycles. The molecule has 0 atom stereocenters. The fraction of sp³-hybridized carbons (Fsp3) is 0.0769. The van der Waals surface area contributed by atoms with Gasteiger partial charge in [-0.15, -0.1) is 11.3 Å². The molecule has 0 fully saturated rings. The highest BCUT2D eigenvalue weighted by atomic mass is 32.1. The molecule has 3 aromatic heterocycles. The molecule has 0 saturated carbocycles. The van der Waals surface area contributed by atoms with Gasteiger partial charge in [0.1, 0.15) is 0 Å². The predicted octanol–water partition coefficient (Wildman–Crippen LogP) is 3.87. The van der Waals surface area contributed by atoms with Gasteiger partial charge >= 0.3 is 0 Å². The van der Waals surface area contributed by atoms with Gasteiger partial charge < -0.3 is 4.74 Å². The van der Waals surface area contributed by atoms with E-state index in [4.69, 9.17) is 4.74 Å². The summed E-state index contributed by atoms with van der Waals surface area (Å²) in [6.07, 6.45) is 1.82. The van der Waals surface area contributed by atoms with Crippen molar-refractivity contribution in [1.29, 1.82) is 0 Å². The summed E-state index contributed by atoms with van der Waals surface area (Å²) in [6, 6.07) is 8.09. The van der Waals surface area contributed by atoms with Crippen LogP contribution in [0, 0.1) is 6.92 Å². The standard InChI is InChI=1S/C13H9NO2S2/c1-8-4-9(2-3-14-8)10-5-11-12(17-10)6-13(18-11)16-7-15/h2-7H,1H3. The third-order valence-electron chi connectivity index (χ3n) is 2.53. The summed E-state index contributed by atoms with van der Waals surface area (Å²) in [5, 5.41) is 0.642. The summed E-state index contributed by atoms with van der Waals surface area (Å²) in [7, 11) is 0. The van der Waals surface area contributed by atoms with Crippen LogP contribution in [0.1, 0.15) is 5.69 Å².